The number of carbonyl (C=O) groups excluding carboxylic acids is 1. The van der Waals surface area contributed by atoms with E-state index in [2.05, 4.69) is 12.2 Å². The smallest absolute Gasteiger partial charge is 0.223 e. The number of nitrogens with one attached hydrogen (secondary N) is 1. The van der Waals surface area contributed by atoms with Crippen LogP contribution in [0.1, 0.15) is 26.2 Å². The number of morpholine rings is 1. The van der Waals surface area contributed by atoms with Gasteiger partial charge in [-0.1, -0.05) is 6.92 Å². The van der Waals surface area contributed by atoms with Crippen LogP contribution in [0, 0.1) is 11.8 Å². The van der Waals surface area contributed by atoms with Gasteiger partial charge in [0.2, 0.25) is 5.91 Å². The molecule has 2 fully saturated rings. The zero-order valence-electron chi connectivity index (χ0n) is 12.2. The van der Waals surface area contributed by atoms with Crippen molar-refractivity contribution in [1.82, 2.24) is 10.2 Å². The Labute approximate surface area is 127 Å². The van der Waals surface area contributed by atoms with Crippen molar-refractivity contribution in [2.75, 3.05) is 39.4 Å². The molecule has 0 aliphatic carbocycles. The van der Waals surface area contributed by atoms with Crippen molar-refractivity contribution in [2.45, 2.75) is 32.3 Å². The molecule has 0 aromatic heterocycles. The quantitative estimate of drug-likeness (QED) is 0.801. The predicted octanol–water partition coefficient (Wildman–Crippen LogP) is 0.654. The highest BCUT2D eigenvalue weighted by molar-refractivity contribution is 5.85. The van der Waals surface area contributed by atoms with Crippen LogP contribution in [0.4, 0.5) is 0 Å². The largest absolute Gasteiger partial charge is 0.394 e. The third-order valence-corrected chi connectivity index (χ3v) is 4.33. The molecule has 2 heterocycles. The fraction of sp³-hybridized carbons (Fsp3) is 0.929. The number of piperidine rings is 1. The molecule has 0 aromatic carbocycles. The molecule has 3 atom stereocenters. The molecule has 0 spiro atoms. The lowest BCUT2D eigenvalue weighted by Crippen LogP contribution is -2.47. The van der Waals surface area contributed by atoms with Gasteiger partial charge < -0.3 is 20.1 Å². The average Bonchev–Trinajstić information content (AvgIpc) is 2.48. The topological polar surface area (TPSA) is 61.8 Å². The lowest BCUT2D eigenvalue weighted by molar-refractivity contribution is -0.141. The van der Waals surface area contributed by atoms with Crippen LogP contribution in [0.15, 0.2) is 0 Å². The SMILES string of the molecule is CC(CC(=O)N1CCOC(CO)C1)C1CCCNC1.Cl. The molecule has 0 saturated carbocycles. The van der Waals surface area contributed by atoms with Crippen LogP contribution >= 0.6 is 12.4 Å². The molecule has 0 radical (unpaired) electrons. The fourth-order valence-electron chi connectivity index (χ4n) is 2.99. The summed E-state index contributed by atoms with van der Waals surface area (Å²) >= 11 is 0. The third kappa shape index (κ3) is 4.88. The van der Waals surface area contributed by atoms with Gasteiger partial charge in [-0.2, -0.15) is 0 Å². The number of amides is 1. The van der Waals surface area contributed by atoms with Crippen LogP contribution in [0.3, 0.4) is 0 Å². The summed E-state index contributed by atoms with van der Waals surface area (Å²) in [5.74, 6) is 1.25. The number of carbonyl (C=O) groups is 1. The summed E-state index contributed by atoms with van der Waals surface area (Å²) < 4.78 is 5.37. The van der Waals surface area contributed by atoms with Crippen molar-refractivity contribution >= 4 is 18.3 Å². The van der Waals surface area contributed by atoms with E-state index in [0.717, 1.165) is 13.1 Å². The van der Waals surface area contributed by atoms with E-state index in [4.69, 9.17) is 9.84 Å². The molecule has 118 valence electrons. The highest BCUT2D eigenvalue weighted by Gasteiger charge is 2.27. The summed E-state index contributed by atoms with van der Waals surface area (Å²) in [6, 6.07) is 0. The monoisotopic (exact) mass is 306 g/mol. The minimum atomic E-state index is -0.204. The number of hydrogen-bond acceptors (Lipinski definition) is 4. The van der Waals surface area contributed by atoms with E-state index in [1.165, 1.54) is 12.8 Å². The second kappa shape index (κ2) is 8.82. The highest BCUT2D eigenvalue weighted by atomic mass is 35.5. The summed E-state index contributed by atoms with van der Waals surface area (Å²) in [5, 5.41) is 12.5. The molecule has 2 N–H and O–H groups in total. The number of ether oxygens (including phenoxy) is 1. The van der Waals surface area contributed by atoms with Gasteiger partial charge in [0.05, 0.1) is 19.3 Å². The van der Waals surface area contributed by atoms with Gasteiger partial charge in [0.15, 0.2) is 0 Å². The molecule has 5 nitrogen and oxygen atoms in total. The summed E-state index contributed by atoms with van der Waals surface area (Å²) in [4.78, 5) is 14.1. The molecule has 0 aromatic rings. The first-order valence-corrected chi connectivity index (χ1v) is 7.41. The molecule has 2 aliphatic rings. The van der Waals surface area contributed by atoms with E-state index < -0.39 is 0 Å². The Morgan fingerprint density at radius 2 is 2.35 bits per heavy atom. The number of hydrogen-bond donors (Lipinski definition) is 2. The second-order valence-electron chi connectivity index (χ2n) is 5.80. The second-order valence-corrected chi connectivity index (χ2v) is 5.80. The summed E-state index contributed by atoms with van der Waals surface area (Å²) in [6.07, 6.45) is 2.85. The minimum Gasteiger partial charge on any atom is -0.394 e. The molecule has 0 bridgehead atoms. The van der Waals surface area contributed by atoms with E-state index >= 15 is 0 Å². The van der Waals surface area contributed by atoms with Gasteiger partial charge in [0.1, 0.15) is 0 Å². The van der Waals surface area contributed by atoms with Crippen molar-refractivity contribution in [2.24, 2.45) is 11.8 Å². The first-order chi connectivity index (χ1) is 9.20. The van der Waals surface area contributed by atoms with E-state index in [-0.39, 0.29) is 31.0 Å². The van der Waals surface area contributed by atoms with E-state index in [1.54, 1.807) is 0 Å². The van der Waals surface area contributed by atoms with Crippen LogP contribution < -0.4 is 5.32 Å². The van der Waals surface area contributed by atoms with Crippen molar-refractivity contribution < 1.29 is 14.6 Å². The predicted molar refractivity (Wildman–Crippen MR) is 80.0 cm³/mol. The Bertz CT molecular complexity index is 298. The Morgan fingerprint density at radius 1 is 1.55 bits per heavy atom. The molecule has 2 aliphatic heterocycles. The van der Waals surface area contributed by atoms with E-state index in [0.29, 0.717) is 38.0 Å². The summed E-state index contributed by atoms with van der Waals surface area (Å²) in [6.45, 7) is 6.05. The zero-order valence-corrected chi connectivity index (χ0v) is 13.0. The molecule has 2 saturated heterocycles. The number of rotatable bonds is 4. The summed E-state index contributed by atoms with van der Waals surface area (Å²) in [7, 11) is 0. The van der Waals surface area contributed by atoms with Gasteiger partial charge in [0.25, 0.3) is 0 Å². The van der Waals surface area contributed by atoms with Crippen LogP contribution in [-0.2, 0) is 9.53 Å². The van der Waals surface area contributed by atoms with Gasteiger partial charge in [-0.15, -0.1) is 12.4 Å². The lowest BCUT2D eigenvalue weighted by atomic mass is 9.85. The van der Waals surface area contributed by atoms with Gasteiger partial charge >= 0.3 is 0 Å². The maximum absolute atomic E-state index is 12.3. The standard InChI is InChI=1S/C14H26N2O3.ClH/c1-11(12-3-2-4-15-8-12)7-14(18)16-5-6-19-13(9-16)10-17;/h11-13,15,17H,2-10H2,1H3;1H. The van der Waals surface area contributed by atoms with Crippen LogP contribution in [0.5, 0.6) is 0 Å². The number of aliphatic hydroxyl groups is 1. The molecular weight excluding hydrogens is 280 g/mol. The number of aliphatic hydroxyl groups excluding tert-OH is 1. The van der Waals surface area contributed by atoms with Gasteiger partial charge in [-0.05, 0) is 37.8 Å². The third-order valence-electron chi connectivity index (χ3n) is 4.33. The Balaban J connectivity index is 0.00000200. The van der Waals surface area contributed by atoms with Crippen LogP contribution in [-0.4, -0.2) is 61.4 Å². The first kappa shape index (κ1) is 17.7. The fourth-order valence-corrected chi connectivity index (χ4v) is 2.99. The number of halogens is 1. The number of nitrogens with zero attached hydrogens (tertiary/aromatic N) is 1. The molecule has 1 amide bonds. The zero-order chi connectivity index (χ0) is 13.7. The van der Waals surface area contributed by atoms with Crippen molar-refractivity contribution in [3.8, 4) is 0 Å². The Kier molecular flexibility index (Phi) is 7.80. The van der Waals surface area contributed by atoms with Crippen molar-refractivity contribution in [3.05, 3.63) is 0 Å². The molecule has 20 heavy (non-hydrogen) atoms. The highest BCUT2D eigenvalue weighted by Crippen LogP contribution is 2.23. The normalized spacial score (nSPS) is 28.6. The average molecular weight is 307 g/mol. The Morgan fingerprint density at radius 3 is 3.00 bits per heavy atom. The van der Waals surface area contributed by atoms with Gasteiger partial charge in [0, 0.05) is 19.5 Å². The lowest BCUT2D eigenvalue weighted by Gasteiger charge is -2.34. The maximum atomic E-state index is 12.3. The van der Waals surface area contributed by atoms with Gasteiger partial charge in [-0.25, -0.2) is 0 Å². The minimum absolute atomic E-state index is 0. The van der Waals surface area contributed by atoms with Crippen LogP contribution in [0.2, 0.25) is 0 Å². The maximum Gasteiger partial charge on any atom is 0.223 e. The molecule has 6 heteroatoms. The van der Waals surface area contributed by atoms with Crippen LogP contribution in [0.25, 0.3) is 0 Å². The Hall–Kier alpha value is -0.360. The summed E-state index contributed by atoms with van der Waals surface area (Å²) in [5.41, 5.74) is 0. The first-order valence-electron chi connectivity index (χ1n) is 7.41. The molecule has 2 rings (SSSR count). The van der Waals surface area contributed by atoms with E-state index in [1.807, 2.05) is 4.90 Å². The molecule has 3 unspecified atom stereocenters. The van der Waals surface area contributed by atoms with E-state index in [9.17, 15) is 4.79 Å². The van der Waals surface area contributed by atoms with Crippen molar-refractivity contribution in [1.29, 1.82) is 0 Å². The van der Waals surface area contributed by atoms with Crippen molar-refractivity contribution in [3.63, 3.8) is 0 Å². The molecular formula is C14H27ClN2O3. The van der Waals surface area contributed by atoms with Gasteiger partial charge in [-0.3, -0.25) is 4.79 Å².